The van der Waals surface area contributed by atoms with Gasteiger partial charge in [0, 0.05) is 18.3 Å². The molecule has 100 valence electrons. The van der Waals surface area contributed by atoms with Crippen LogP contribution in [0.15, 0.2) is 54.6 Å². The molecule has 3 N–H and O–H groups in total. The molecule has 0 bridgehead atoms. The van der Waals surface area contributed by atoms with Gasteiger partial charge in [-0.3, -0.25) is 0 Å². The zero-order chi connectivity index (χ0) is 13.5. The van der Waals surface area contributed by atoms with Gasteiger partial charge in [0.05, 0.1) is 0 Å². The predicted molar refractivity (Wildman–Crippen MR) is 82.0 cm³/mol. The molecule has 2 aromatic rings. The molecule has 1 atom stereocenters. The summed E-state index contributed by atoms with van der Waals surface area (Å²) >= 11 is 0. The minimum absolute atomic E-state index is 0.160. The normalized spacial score (nSPS) is 12.1. The lowest BCUT2D eigenvalue weighted by Gasteiger charge is -2.12. The largest absolute Gasteiger partial charge is 0.381 e. The lowest BCUT2D eigenvalue weighted by atomic mass is 10.0. The summed E-state index contributed by atoms with van der Waals surface area (Å²) in [5.41, 5.74) is 9.74. The summed E-state index contributed by atoms with van der Waals surface area (Å²) in [4.78, 5) is 0. The van der Waals surface area contributed by atoms with Gasteiger partial charge in [0.15, 0.2) is 0 Å². The van der Waals surface area contributed by atoms with E-state index in [1.807, 2.05) is 6.07 Å². The highest BCUT2D eigenvalue weighted by Crippen LogP contribution is 2.18. The molecule has 2 nitrogen and oxygen atoms in total. The first-order chi connectivity index (χ1) is 9.29. The van der Waals surface area contributed by atoms with Crippen LogP contribution in [0.3, 0.4) is 0 Å². The van der Waals surface area contributed by atoms with E-state index in [0.29, 0.717) is 0 Å². The molecule has 19 heavy (non-hydrogen) atoms. The number of benzene rings is 2. The summed E-state index contributed by atoms with van der Waals surface area (Å²) in [5.74, 6) is 0. The van der Waals surface area contributed by atoms with Gasteiger partial charge in [-0.25, -0.2) is 0 Å². The van der Waals surface area contributed by atoms with Crippen molar-refractivity contribution in [3.63, 3.8) is 0 Å². The average molecular weight is 254 g/mol. The second kappa shape index (κ2) is 6.95. The summed E-state index contributed by atoms with van der Waals surface area (Å²) in [6.07, 6.45) is 2.16. The van der Waals surface area contributed by atoms with Gasteiger partial charge < -0.3 is 11.1 Å². The third-order valence-corrected chi connectivity index (χ3v) is 3.28. The minimum atomic E-state index is 0.160. The Labute approximate surface area is 115 Å². The topological polar surface area (TPSA) is 38.0 Å². The molecule has 0 spiro atoms. The maximum absolute atomic E-state index is 6.10. The summed E-state index contributed by atoms with van der Waals surface area (Å²) in [7, 11) is 0. The Bertz CT molecular complexity index is 476. The Kier molecular flexibility index (Phi) is 4.99. The van der Waals surface area contributed by atoms with Gasteiger partial charge >= 0.3 is 0 Å². The van der Waals surface area contributed by atoms with Gasteiger partial charge in [0.2, 0.25) is 0 Å². The summed E-state index contributed by atoms with van der Waals surface area (Å²) in [6.45, 7) is 3.01. The Morgan fingerprint density at radius 2 is 1.68 bits per heavy atom. The Balaban J connectivity index is 1.92. The quantitative estimate of drug-likeness (QED) is 0.814. The van der Waals surface area contributed by atoms with Gasteiger partial charge in [-0.05, 0) is 29.7 Å². The van der Waals surface area contributed by atoms with E-state index in [2.05, 4.69) is 60.8 Å². The number of anilines is 1. The van der Waals surface area contributed by atoms with Crippen molar-refractivity contribution in [2.45, 2.75) is 32.4 Å². The highest BCUT2D eigenvalue weighted by Gasteiger charge is 2.04. The van der Waals surface area contributed by atoms with E-state index in [9.17, 15) is 0 Å². The zero-order valence-electron chi connectivity index (χ0n) is 11.5. The number of hydrogen-bond acceptors (Lipinski definition) is 2. The molecule has 0 saturated carbocycles. The number of nitrogens with one attached hydrogen (secondary N) is 1. The highest BCUT2D eigenvalue weighted by atomic mass is 14.9. The van der Waals surface area contributed by atoms with Gasteiger partial charge in [0.1, 0.15) is 0 Å². The molecule has 2 rings (SSSR count). The number of hydrogen-bond donors (Lipinski definition) is 2. The van der Waals surface area contributed by atoms with Crippen LogP contribution < -0.4 is 11.1 Å². The molecule has 0 amide bonds. The third-order valence-electron chi connectivity index (χ3n) is 3.28. The molecule has 0 fully saturated rings. The van der Waals surface area contributed by atoms with Crippen LogP contribution in [0.2, 0.25) is 0 Å². The standard InChI is InChI=1S/C17H22N2/c1-2-6-17(18)15-9-11-16(12-10-15)19-13-14-7-4-3-5-8-14/h3-5,7-12,17,19H,2,6,13,18H2,1H3/t17-/m1/s1. The Hall–Kier alpha value is -1.80. The first-order valence-corrected chi connectivity index (χ1v) is 6.93. The monoisotopic (exact) mass is 254 g/mol. The third kappa shape index (κ3) is 4.11. The number of nitrogens with two attached hydrogens (primary N) is 1. The Morgan fingerprint density at radius 3 is 2.32 bits per heavy atom. The van der Waals surface area contributed by atoms with Crippen molar-refractivity contribution in [3.05, 3.63) is 65.7 Å². The van der Waals surface area contributed by atoms with E-state index in [1.165, 1.54) is 11.1 Å². The van der Waals surface area contributed by atoms with E-state index in [4.69, 9.17) is 5.73 Å². The van der Waals surface area contributed by atoms with Gasteiger partial charge in [-0.15, -0.1) is 0 Å². The SMILES string of the molecule is CCC[C@@H](N)c1ccc(NCc2ccccc2)cc1. The lowest BCUT2D eigenvalue weighted by Crippen LogP contribution is -2.09. The molecular weight excluding hydrogens is 232 g/mol. The van der Waals surface area contributed by atoms with E-state index in [-0.39, 0.29) is 6.04 Å². The fourth-order valence-corrected chi connectivity index (χ4v) is 2.13. The maximum atomic E-state index is 6.10. The molecule has 0 aliphatic rings. The summed E-state index contributed by atoms with van der Waals surface area (Å²) in [5, 5.41) is 3.42. The van der Waals surface area contributed by atoms with Crippen LogP contribution in [-0.2, 0) is 6.54 Å². The van der Waals surface area contributed by atoms with Gasteiger partial charge in [0.25, 0.3) is 0 Å². The van der Waals surface area contributed by atoms with Crippen LogP contribution in [-0.4, -0.2) is 0 Å². The van der Waals surface area contributed by atoms with Gasteiger partial charge in [-0.2, -0.15) is 0 Å². The summed E-state index contributed by atoms with van der Waals surface area (Å²) in [6, 6.07) is 19.0. The van der Waals surface area contributed by atoms with Crippen molar-refractivity contribution >= 4 is 5.69 Å². The van der Waals surface area contributed by atoms with E-state index >= 15 is 0 Å². The van der Waals surface area contributed by atoms with Crippen LogP contribution in [0.4, 0.5) is 5.69 Å². The van der Waals surface area contributed by atoms with Crippen molar-refractivity contribution < 1.29 is 0 Å². The van der Waals surface area contributed by atoms with Crippen molar-refractivity contribution in [2.24, 2.45) is 5.73 Å². The molecule has 0 heterocycles. The lowest BCUT2D eigenvalue weighted by molar-refractivity contribution is 0.638. The van der Waals surface area contributed by atoms with E-state index in [0.717, 1.165) is 25.1 Å². The van der Waals surface area contributed by atoms with Crippen LogP contribution in [0.5, 0.6) is 0 Å². The van der Waals surface area contributed by atoms with E-state index < -0.39 is 0 Å². The molecule has 0 unspecified atom stereocenters. The second-order valence-electron chi connectivity index (χ2n) is 4.86. The molecule has 0 radical (unpaired) electrons. The van der Waals surface area contributed by atoms with Crippen molar-refractivity contribution in [1.82, 2.24) is 0 Å². The zero-order valence-corrected chi connectivity index (χ0v) is 11.5. The van der Waals surface area contributed by atoms with Crippen molar-refractivity contribution in [2.75, 3.05) is 5.32 Å². The van der Waals surface area contributed by atoms with Crippen molar-refractivity contribution in [1.29, 1.82) is 0 Å². The Morgan fingerprint density at radius 1 is 1.00 bits per heavy atom. The molecule has 0 aliphatic heterocycles. The fourth-order valence-electron chi connectivity index (χ4n) is 2.13. The first-order valence-electron chi connectivity index (χ1n) is 6.93. The molecule has 2 heteroatoms. The second-order valence-corrected chi connectivity index (χ2v) is 4.86. The smallest absolute Gasteiger partial charge is 0.0400 e. The minimum Gasteiger partial charge on any atom is -0.381 e. The molecule has 0 saturated heterocycles. The molecule has 0 aromatic heterocycles. The molecular formula is C17H22N2. The molecule has 0 aliphatic carbocycles. The summed E-state index contributed by atoms with van der Waals surface area (Å²) < 4.78 is 0. The first kappa shape index (κ1) is 13.6. The van der Waals surface area contributed by atoms with Crippen LogP contribution in [0.1, 0.15) is 36.9 Å². The van der Waals surface area contributed by atoms with Crippen molar-refractivity contribution in [3.8, 4) is 0 Å². The average Bonchev–Trinajstić information content (AvgIpc) is 2.47. The maximum Gasteiger partial charge on any atom is 0.0400 e. The highest BCUT2D eigenvalue weighted by molar-refractivity contribution is 5.45. The van der Waals surface area contributed by atoms with Crippen LogP contribution in [0, 0.1) is 0 Å². The fraction of sp³-hybridized carbons (Fsp3) is 0.294. The van der Waals surface area contributed by atoms with Crippen LogP contribution >= 0.6 is 0 Å². The predicted octanol–water partition coefficient (Wildman–Crippen LogP) is 4.10. The van der Waals surface area contributed by atoms with E-state index in [1.54, 1.807) is 0 Å². The van der Waals surface area contributed by atoms with Gasteiger partial charge in [-0.1, -0.05) is 55.8 Å². The van der Waals surface area contributed by atoms with Crippen LogP contribution in [0.25, 0.3) is 0 Å². The molecule has 2 aromatic carbocycles. The number of rotatable bonds is 6.